The third kappa shape index (κ3) is 4.03. The van der Waals surface area contributed by atoms with Gasteiger partial charge in [-0.15, -0.1) is 0 Å². The van der Waals surface area contributed by atoms with E-state index in [0.717, 1.165) is 0 Å². The second-order valence-electron chi connectivity index (χ2n) is 6.41. The van der Waals surface area contributed by atoms with Crippen LogP contribution in [0, 0.1) is 5.82 Å². The molecule has 1 unspecified atom stereocenters. The Morgan fingerprint density at radius 3 is 2.97 bits per heavy atom. The van der Waals surface area contributed by atoms with E-state index in [4.69, 9.17) is 4.74 Å². The van der Waals surface area contributed by atoms with Crippen LogP contribution in [0.5, 0.6) is 11.5 Å². The number of H-pyrrole nitrogens is 1. The van der Waals surface area contributed by atoms with E-state index in [9.17, 15) is 18.0 Å². The summed E-state index contributed by atoms with van der Waals surface area (Å²) in [5.41, 5.74) is 1.60. The first kappa shape index (κ1) is 18.9. The molecule has 150 valence electrons. The van der Waals surface area contributed by atoms with Crippen LogP contribution in [-0.4, -0.2) is 29.3 Å². The Morgan fingerprint density at radius 2 is 2.14 bits per heavy atom. The highest BCUT2D eigenvalue weighted by molar-refractivity contribution is 6.00. The predicted molar refractivity (Wildman–Crippen MR) is 97.4 cm³/mol. The van der Waals surface area contributed by atoms with E-state index in [1.807, 2.05) is 0 Å². The highest BCUT2D eigenvalue weighted by Gasteiger charge is 2.26. The number of nitrogens with zero attached hydrogens (tertiary/aromatic N) is 1. The van der Waals surface area contributed by atoms with Gasteiger partial charge in [-0.2, -0.15) is 13.9 Å². The van der Waals surface area contributed by atoms with Crippen LogP contribution in [0.4, 0.5) is 13.2 Å². The minimum atomic E-state index is -2.95. The number of ether oxygens (including phenoxy) is 2. The van der Waals surface area contributed by atoms with Gasteiger partial charge in [-0.3, -0.25) is 9.89 Å². The summed E-state index contributed by atoms with van der Waals surface area (Å²) in [6, 6.07) is 9.68. The molecule has 2 heterocycles. The Labute approximate surface area is 163 Å². The number of nitrogens with one attached hydrogen (secondary N) is 2. The molecule has 29 heavy (non-hydrogen) atoms. The van der Waals surface area contributed by atoms with Crippen molar-refractivity contribution < 1.29 is 27.4 Å². The highest BCUT2D eigenvalue weighted by atomic mass is 19.3. The van der Waals surface area contributed by atoms with Crippen molar-refractivity contribution in [3.63, 3.8) is 0 Å². The van der Waals surface area contributed by atoms with Gasteiger partial charge in [-0.25, -0.2) is 4.39 Å². The Morgan fingerprint density at radius 1 is 1.28 bits per heavy atom. The quantitative estimate of drug-likeness (QED) is 0.673. The monoisotopic (exact) mass is 403 g/mol. The van der Waals surface area contributed by atoms with Gasteiger partial charge in [0.1, 0.15) is 17.3 Å². The van der Waals surface area contributed by atoms with Crippen LogP contribution in [0.15, 0.2) is 48.7 Å². The summed E-state index contributed by atoms with van der Waals surface area (Å²) in [5.74, 6) is -0.371. The van der Waals surface area contributed by atoms with Crippen LogP contribution < -0.4 is 14.8 Å². The molecule has 1 aromatic heterocycles. The van der Waals surface area contributed by atoms with Gasteiger partial charge in [0.15, 0.2) is 0 Å². The standard InChI is InChI=1S/C20H16F3N3O3/c21-12-4-5-17-14(9-12)16(6-7-28-17)25-19(27)15-10-24-26-18(15)11-2-1-3-13(8-11)29-20(22)23/h1-5,8-10,16,20H,6-7H2,(H,24,26)(H,25,27). The fourth-order valence-corrected chi connectivity index (χ4v) is 3.26. The first-order valence-corrected chi connectivity index (χ1v) is 8.83. The minimum absolute atomic E-state index is 0.0349. The summed E-state index contributed by atoms with van der Waals surface area (Å²) >= 11 is 0. The molecule has 4 rings (SSSR count). The van der Waals surface area contributed by atoms with Gasteiger partial charge in [0.2, 0.25) is 0 Å². The molecule has 1 aliphatic heterocycles. The lowest BCUT2D eigenvalue weighted by atomic mass is 9.99. The summed E-state index contributed by atoms with van der Waals surface area (Å²) in [4.78, 5) is 12.9. The summed E-state index contributed by atoms with van der Waals surface area (Å²) in [6.45, 7) is -2.57. The zero-order chi connectivity index (χ0) is 20.4. The second kappa shape index (κ2) is 7.86. The summed E-state index contributed by atoms with van der Waals surface area (Å²) in [7, 11) is 0. The number of alkyl halides is 2. The number of amides is 1. The molecule has 1 aliphatic rings. The van der Waals surface area contributed by atoms with Crippen LogP contribution in [0.2, 0.25) is 0 Å². The van der Waals surface area contributed by atoms with Crippen LogP contribution in [-0.2, 0) is 0 Å². The number of benzene rings is 2. The first-order valence-electron chi connectivity index (χ1n) is 8.83. The van der Waals surface area contributed by atoms with Gasteiger partial charge < -0.3 is 14.8 Å². The van der Waals surface area contributed by atoms with Crippen molar-refractivity contribution in [2.45, 2.75) is 19.1 Å². The van der Waals surface area contributed by atoms with Crippen molar-refractivity contribution in [3.05, 3.63) is 65.6 Å². The van der Waals surface area contributed by atoms with Gasteiger partial charge in [0.25, 0.3) is 5.91 Å². The third-order valence-corrected chi connectivity index (χ3v) is 4.55. The molecule has 1 atom stereocenters. The molecule has 0 radical (unpaired) electrons. The van der Waals surface area contributed by atoms with E-state index in [1.54, 1.807) is 6.07 Å². The highest BCUT2D eigenvalue weighted by Crippen LogP contribution is 2.33. The Hall–Kier alpha value is -3.49. The second-order valence-corrected chi connectivity index (χ2v) is 6.41. The van der Waals surface area contributed by atoms with E-state index in [-0.39, 0.29) is 11.3 Å². The molecule has 1 amide bonds. The Bertz CT molecular complexity index is 1040. The molecular formula is C20H16F3N3O3. The SMILES string of the molecule is O=C(NC1CCOc2ccc(F)cc21)c1cn[nH]c1-c1cccc(OC(F)F)c1. The summed E-state index contributed by atoms with van der Waals surface area (Å²) < 4.78 is 48.5. The number of aromatic nitrogens is 2. The first-order chi connectivity index (χ1) is 14.0. The van der Waals surface area contributed by atoms with Gasteiger partial charge >= 0.3 is 6.61 Å². The fourth-order valence-electron chi connectivity index (χ4n) is 3.26. The number of hydrogen-bond donors (Lipinski definition) is 2. The maximum absolute atomic E-state index is 13.6. The average molecular weight is 403 g/mol. The van der Waals surface area contributed by atoms with Crippen LogP contribution in [0.1, 0.15) is 28.4 Å². The summed E-state index contributed by atoms with van der Waals surface area (Å²) in [6.07, 6.45) is 1.82. The lowest BCUT2D eigenvalue weighted by Crippen LogP contribution is -2.32. The van der Waals surface area contributed by atoms with E-state index in [0.29, 0.717) is 35.6 Å². The topological polar surface area (TPSA) is 76.2 Å². The molecule has 9 heteroatoms. The number of fused-ring (bicyclic) bond motifs is 1. The molecule has 0 fully saturated rings. The van der Waals surface area contributed by atoms with Crippen molar-refractivity contribution in [2.24, 2.45) is 0 Å². The van der Waals surface area contributed by atoms with Crippen molar-refractivity contribution in [1.29, 1.82) is 0 Å². The minimum Gasteiger partial charge on any atom is -0.493 e. The number of halogens is 3. The van der Waals surface area contributed by atoms with Crippen LogP contribution >= 0.6 is 0 Å². The normalized spacial score (nSPS) is 15.5. The smallest absolute Gasteiger partial charge is 0.387 e. The number of aromatic amines is 1. The van der Waals surface area contributed by atoms with Crippen LogP contribution in [0.3, 0.4) is 0 Å². The molecule has 0 spiro atoms. The molecule has 3 aromatic rings. The van der Waals surface area contributed by atoms with Crippen molar-refractivity contribution in [2.75, 3.05) is 6.61 Å². The van der Waals surface area contributed by atoms with E-state index in [1.165, 1.54) is 42.6 Å². The van der Waals surface area contributed by atoms with E-state index in [2.05, 4.69) is 20.3 Å². The maximum atomic E-state index is 13.6. The fraction of sp³-hybridized carbons (Fsp3) is 0.200. The average Bonchev–Trinajstić information content (AvgIpc) is 3.18. The largest absolute Gasteiger partial charge is 0.493 e. The molecule has 2 aromatic carbocycles. The molecular weight excluding hydrogens is 387 g/mol. The zero-order valence-electron chi connectivity index (χ0n) is 15.0. The number of hydrogen-bond acceptors (Lipinski definition) is 4. The zero-order valence-corrected chi connectivity index (χ0v) is 15.0. The third-order valence-electron chi connectivity index (χ3n) is 4.55. The summed E-state index contributed by atoms with van der Waals surface area (Å²) in [5, 5.41) is 9.48. The van der Waals surface area contributed by atoms with Crippen molar-refractivity contribution >= 4 is 5.91 Å². The Kier molecular flexibility index (Phi) is 5.11. The van der Waals surface area contributed by atoms with E-state index < -0.39 is 24.4 Å². The number of carbonyl (C=O) groups excluding carboxylic acids is 1. The van der Waals surface area contributed by atoms with Gasteiger partial charge in [0.05, 0.1) is 30.1 Å². The maximum Gasteiger partial charge on any atom is 0.387 e. The Balaban J connectivity index is 1.58. The van der Waals surface area contributed by atoms with Gasteiger partial charge in [-0.1, -0.05) is 12.1 Å². The lowest BCUT2D eigenvalue weighted by molar-refractivity contribution is -0.0498. The van der Waals surface area contributed by atoms with Gasteiger partial charge in [0, 0.05) is 17.5 Å². The molecule has 2 N–H and O–H groups in total. The van der Waals surface area contributed by atoms with E-state index >= 15 is 0 Å². The van der Waals surface area contributed by atoms with Crippen molar-refractivity contribution in [1.82, 2.24) is 15.5 Å². The molecule has 6 nitrogen and oxygen atoms in total. The molecule has 0 saturated carbocycles. The number of carbonyl (C=O) groups is 1. The number of rotatable bonds is 5. The molecule has 0 saturated heterocycles. The molecule has 0 bridgehead atoms. The van der Waals surface area contributed by atoms with Crippen molar-refractivity contribution in [3.8, 4) is 22.8 Å². The predicted octanol–water partition coefficient (Wildman–Crippen LogP) is 4.07. The van der Waals surface area contributed by atoms with Gasteiger partial charge in [-0.05, 0) is 30.3 Å². The van der Waals surface area contributed by atoms with Crippen LogP contribution in [0.25, 0.3) is 11.3 Å². The molecule has 0 aliphatic carbocycles. The lowest BCUT2D eigenvalue weighted by Gasteiger charge is -2.26.